The van der Waals surface area contributed by atoms with Gasteiger partial charge in [0.15, 0.2) is 0 Å². The molecule has 2 atom stereocenters. The first-order valence-electron chi connectivity index (χ1n) is 18.9. The highest BCUT2D eigenvalue weighted by molar-refractivity contribution is 6.08. The number of nitrogens with zero attached hydrogens (tertiary/aromatic N) is 1. The zero-order chi connectivity index (χ0) is 36.5. The molecule has 3 aliphatic rings. The number of anilines is 1. The molecule has 1 aliphatic heterocycles. The molecule has 3 N–H and O–H groups in total. The summed E-state index contributed by atoms with van der Waals surface area (Å²) in [5, 5.41) is 26.0. The first kappa shape index (κ1) is 38.0. The van der Waals surface area contributed by atoms with Crippen LogP contribution in [0.5, 0.6) is 0 Å². The Bertz CT molecular complexity index is 1930. The summed E-state index contributed by atoms with van der Waals surface area (Å²) in [4.78, 5) is 18.3. The summed E-state index contributed by atoms with van der Waals surface area (Å²) >= 11 is 0. The average molecular weight is 693 g/mol. The molecule has 51 heavy (non-hydrogen) atoms. The van der Waals surface area contributed by atoms with Crippen LogP contribution in [0.15, 0.2) is 80.7 Å². The molecule has 1 heterocycles. The minimum absolute atomic E-state index is 0.311. The van der Waals surface area contributed by atoms with Gasteiger partial charge >= 0.3 is 5.97 Å². The molecule has 2 unspecified atom stereocenters. The fraction of sp³-hybridized carbons (Fsp3) is 0.455. The summed E-state index contributed by atoms with van der Waals surface area (Å²) in [7, 11) is 0. The number of aliphatic hydroxyl groups excluding tert-OH is 2. The minimum Gasteiger partial charge on any atom is -0.462 e. The summed E-state index contributed by atoms with van der Waals surface area (Å²) in [6.07, 6.45) is 10.1. The van der Waals surface area contributed by atoms with Crippen LogP contribution in [0, 0.1) is 13.8 Å². The smallest absolute Gasteiger partial charge is 0.338 e. The van der Waals surface area contributed by atoms with Crippen molar-refractivity contribution < 1.29 is 24.2 Å². The molecule has 0 saturated heterocycles. The molecule has 7 heteroatoms. The van der Waals surface area contributed by atoms with Crippen molar-refractivity contribution >= 4 is 22.6 Å². The Morgan fingerprint density at radius 3 is 2.27 bits per heavy atom. The van der Waals surface area contributed by atoms with Gasteiger partial charge in [0.05, 0.1) is 29.7 Å². The normalized spacial score (nSPS) is 16.6. The van der Waals surface area contributed by atoms with Crippen molar-refractivity contribution in [1.82, 2.24) is 0 Å². The van der Waals surface area contributed by atoms with Crippen molar-refractivity contribution in [1.29, 1.82) is 0 Å². The van der Waals surface area contributed by atoms with Crippen LogP contribution in [0.25, 0.3) is 33.4 Å². The lowest BCUT2D eigenvalue weighted by Gasteiger charge is -2.26. The third-order valence-corrected chi connectivity index (χ3v) is 10.3. The molecule has 0 amide bonds. The number of nitrogens with one attached hydrogen (secondary N) is 1. The molecular formula is C44H56N2O5. The molecule has 2 aromatic carbocycles. The highest BCUT2D eigenvalue weighted by Gasteiger charge is 2.24. The topological polar surface area (TPSA) is 104 Å². The van der Waals surface area contributed by atoms with E-state index in [0.717, 1.165) is 130 Å². The van der Waals surface area contributed by atoms with Crippen LogP contribution >= 0.6 is 0 Å². The van der Waals surface area contributed by atoms with Crippen molar-refractivity contribution in [2.75, 3.05) is 25.0 Å². The molecular weight excluding hydrogens is 636 g/mol. The number of aliphatic hydroxyl groups is 2. The van der Waals surface area contributed by atoms with Gasteiger partial charge in [0.25, 0.3) is 0 Å². The van der Waals surface area contributed by atoms with Gasteiger partial charge in [0, 0.05) is 47.4 Å². The highest BCUT2D eigenvalue weighted by atomic mass is 16.5. The minimum atomic E-state index is -0.570. The molecule has 0 bridgehead atoms. The van der Waals surface area contributed by atoms with E-state index >= 15 is 0 Å². The Labute approximate surface area is 303 Å². The standard InChI is InChI=1S/C44H56N2O5/c1-7-45-37-26-40-35(23-28(37)3)42(36-24-29(4)38(46-8-2)27-41(36)51-40)33-20-16-17-21-34(33)44(49)50-22-18-14-12-10-9-11-13-15-19-32-25-39(47)30(5)31(6)43(32)48/h16-17,20-21,23-27,39,43,45,47-48H,7-15,18-19,22H2,1-6H3. The summed E-state index contributed by atoms with van der Waals surface area (Å²) in [6, 6.07) is 16.1. The van der Waals surface area contributed by atoms with Gasteiger partial charge in [-0.1, -0.05) is 56.7 Å². The Balaban J connectivity index is 1.19. The summed E-state index contributed by atoms with van der Waals surface area (Å²) in [6.45, 7) is 13.9. The molecule has 272 valence electrons. The molecule has 0 fully saturated rings. The number of unbranched alkanes of at least 4 members (excludes halogenated alkanes) is 7. The molecule has 0 aromatic heterocycles. The van der Waals surface area contributed by atoms with E-state index in [9.17, 15) is 15.0 Å². The predicted molar refractivity (Wildman–Crippen MR) is 208 cm³/mol. The van der Waals surface area contributed by atoms with Gasteiger partial charge in [-0.15, -0.1) is 0 Å². The predicted octanol–water partition coefficient (Wildman–Crippen LogP) is 9.84. The first-order valence-corrected chi connectivity index (χ1v) is 18.9. The molecule has 2 aliphatic carbocycles. The maximum absolute atomic E-state index is 13.6. The number of esters is 1. The molecule has 5 rings (SSSR count). The molecule has 0 radical (unpaired) electrons. The van der Waals surface area contributed by atoms with E-state index < -0.39 is 12.2 Å². The lowest BCUT2D eigenvalue weighted by atomic mass is 9.86. The van der Waals surface area contributed by atoms with E-state index in [4.69, 9.17) is 9.15 Å². The second kappa shape index (κ2) is 17.8. The molecule has 2 aromatic rings. The van der Waals surface area contributed by atoms with Crippen molar-refractivity contribution in [3.05, 3.63) is 93.4 Å². The largest absolute Gasteiger partial charge is 0.462 e. The van der Waals surface area contributed by atoms with Crippen molar-refractivity contribution in [2.45, 2.75) is 112 Å². The second-order valence-corrected chi connectivity index (χ2v) is 14.0. The third-order valence-electron chi connectivity index (χ3n) is 10.3. The van der Waals surface area contributed by atoms with Crippen LogP contribution < -0.4 is 10.7 Å². The van der Waals surface area contributed by atoms with Crippen molar-refractivity contribution in [3.8, 4) is 22.5 Å². The second-order valence-electron chi connectivity index (χ2n) is 14.0. The Morgan fingerprint density at radius 2 is 1.55 bits per heavy atom. The Kier molecular flexibility index (Phi) is 13.3. The number of hydrogen-bond donors (Lipinski definition) is 3. The zero-order valence-corrected chi connectivity index (χ0v) is 31.4. The van der Waals surface area contributed by atoms with Crippen LogP contribution in [0.2, 0.25) is 0 Å². The molecule has 0 spiro atoms. The van der Waals surface area contributed by atoms with E-state index in [1.165, 1.54) is 6.42 Å². The van der Waals surface area contributed by atoms with Crippen LogP contribution in [-0.2, 0) is 4.74 Å². The van der Waals surface area contributed by atoms with E-state index in [0.29, 0.717) is 18.7 Å². The SMILES string of the molecule is CCN=c1cc2oc3cc(NCC)c(C)cc3c(-c3ccccc3C(=O)OCCCCCCCCCCC3=CC(O)C(C)=C(C)C3O)c-2cc1C. The van der Waals surface area contributed by atoms with Crippen molar-refractivity contribution in [3.63, 3.8) is 0 Å². The number of benzene rings is 3. The lowest BCUT2D eigenvalue weighted by molar-refractivity contribution is 0.0498. The van der Waals surface area contributed by atoms with Gasteiger partial charge in [-0.3, -0.25) is 4.99 Å². The van der Waals surface area contributed by atoms with Gasteiger partial charge in [-0.05, 0) is 118 Å². The van der Waals surface area contributed by atoms with E-state index in [2.05, 4.69) is 49.3 Å². The Morgan fingerprint density at radius 1 is 0.843 bits per heavy atom. The van der Waals surface area contributed by atoms with Gasteiger partial charge in [-0.25, -0.2) is 4.79 Å². The van der Waals surface area contributed by atoms with Gasteiger partial charge in [0.2, 0.25) is 0 Å². The lowest BCUT2D eigenvalue weighted by Crippen LogP contribution is -2.24. The monoisotopic (exact) mass is 692 g/mol. The maximum atomic E-state index is 13.6. The molecule has 0 saturated carbocycles. The summed E-state index contributed by atoms with van der Waals surface area (Å²) in [5.41, 5.74) is 9.90. The van der Waals surface area contributed by atoms with E-state index in [-0.39, 0.29) is 5.97 Å². The molecule has 7 nitrogen and oxygen atoms in total. The van der Waals surface area contributed by atoms with Gasteiger partial charge in [0.1, 0.15) is 11.3 Å². The van der Waals surface area contributed by atoms with E-state index in [1.807, 2.05) is 57.2 Å². The number of fused-ring (bicyclic) bond motifs is 2. The number of carbonyl (C=O) groups is 1. The Hall–Kier alpha value is -4.20. The zero-order valence-electron chi connectivity index (χ0n) is 31.4. The fourth-order valence-corrected chi connectivity index (χ4v) is 7.18. The average Bonchev–Trinajstić information content (AvgIpc) is 3.12. The van der Waals surface area contributed by atoms with Crippen LogP contribution in [0.4, 0.5) is 5.69 Å². The summed E-state index contributed by atoms with van der Waals surface area (Å²) < 4.78 is 12.4. The van der Waals surface area contributed by atoms with Gasteiger partial charge in [-0.2, -0.15) is 0 Å². The number of carbonyl (C=O) groups excluding carboxylic acids is 1. The quantitative estimate of drug-likeness (QED) is 0.0468. The fourth-order valence-electron chi connectivity index (χ4n) is 7.18. The van der Waals surface area contributed by atoms with Crippen LogP contribution in [0.3, 0.4) is 0 Å². The third kappa shape index (κ3) is 9.00. The van der Waals surface area contributed by atoms with Crippen LogP contribution in [0.1, 0.15) is 107 Å². The first-order chi connectivity index (χ1) is 24.6. The van der Waals surface area contributed by atoms with Gasteiger partial charge < -0.3 is 24.7 Å². The summed E-state index contributed by atoms with van der Waals surface area (Å²) in [5.74, 6) is 0.419. The van der Waals surface area contributed by atoms with E-state index in [1.54, 1.807) is 0 Å². The van der Waals surface area contributed by atoms with Crippen molar-refractivity contribution in [2.24, 2.45) is 4.99 Å². The van der Waals surface area contributed by atoms with Crippen LogP contribution in [-0.4, -0.2) is 48.1 Å². The highest BCUT2D eigenvalue weighted by Crippen LogP contribution is 2.43. The number of ether oxygens (including phenoxy) is 1. The number of rotatable bonds is 16. The number of aryl methyl sites for hydroxylation is 2. The number of hydrogen-bond acceptors (Lipinski definition) is 7. The maximum Gasteiger partial charge on any atom is 0.338 e.